The average molecular weight is 378 g/mol. The van der Waals surface area contributed by atoms with E-state index in [2.05, 4.69) is 4.72 Å². The Bertz CT molecular complexity index is 1050. The van der Waals surface area contributed by atoms with Gasteiger partial charge in [-0.05, 0) is 24.3 Å². The van der Waals surface area contributed by atoms with Crippen molar-refractivity contribution >= 4 is 20.9 Å². The molecule has 0 radical (unpaired) electrons. The van der Waals surface area contributed by atoms with Crippen molar-refractivity contribution in [3.8, 4) is 5.75 Å². The summed E-state index contributed by atoms with van der Waals surface area (Å²) in [7, 11) is -0.907. The highest BCUT2D eigenvalue weighted by molar-refractivity contribution is 7.89. The summed E-state index contributed by atoms with van der Waals surface area (Å²) in [6.45, 7) is -0.254. The summed E-state index contributed by atoms with van der Waals surface area (Å²) in [6, 6.07) is 10.7. The molecule has 0 spiro atoms. The third kappa shape index (κ3) is 3.44. The standard InChI is InChI=1S/C18H19FN2O4S/c1-21-11-14(13-5-3-4-6-15(13)21)16(22)10-20-26(23,24)18-9-12(19)7-8-17(18)25-2/h3-9,11,16,20,22H,10H2,1-2H3. The third-order valence-electron chi connectivity index (χ3n) is 4.17. The van der Waals surface area contributed by atoms with E-state index in [-0.39, 0.29) is 17.2 Å². The SMILES string of the molecule is COc1ccc(F)cc1S(=O)(=O)NCC(O)c1cn(C)c2ccccc12. The molecule has 2 aromatic carbocycles. The number of hydrogen-bond donors (Lipinski definition) is 2. The van der Waals surface area contributed by atoms with Crippen LogP contribution in [0.4, 0.5) is 4.39 Å². The smallest absolute Gasteiger partial charge is 0.244 e. The maximum Gasteiger partial charge on any atom is 0.244 e. The van der Waals surface area contributed by atoms with Gasteiger partial charge < -0.3 is 14.4 Å². The fraction of sp³-hybridized carbons (Fsp3) is 0.222. The maximum absolute atomic E-state index is 13.5. The van der Waals surface area contributed by atoms with Crippen LogP contribution in [0.1, 0.15) is 11.7 Å². The van der Waals surface area contributed by atoms with E-state index in [4.69, 9.17) is 4.74 Å². The molecular weight excluding hydrogens is 359 g/mol. The van der Waals surface area contributed by atoms with Gasteiger partial charge in [-0.25, -0.2) is 17.5 Å². The van der Waals surface area contributed by atoms with Crippen molar-refractivity contribution in [1.82, 2.24) is 9.29 Å². The Kier molecular flexibility index (Phi) is 4.99. The first kappa shape index (κ1) is 18.4. The summed E-state index contributed by atoms with van der Waals surface area (Å²) in [5, 5.41) is 11.3. The van der Waals surface area contributed by atoms with Crippen LogP contribution in [-0.4, -0.2) is 31.7 Å². The van der Waals surface area contributed by atoms with Gasteiger partial charge in [-0.15, -0.1) is 0 Å². The summed E-state index contributed by atoms with van der Waals surface area (Å²) < 4.78 is 47.6. The number of aliphatic hydroxyl groups is 1. The number of rotatable bonds is 6. The number of ether oxygens (including phenoxy) is 1. The number of aromatic nitrogens is 1. The predicted octanol–water partition coefficient (Wildman–Crippen LogP) is 2.34. The molecule has 0 fully saturated rings. The number of fused-ring (bicyclic) bond motifs is 1. The fourth-order valence-corrected chi connectivity index (χ4v) is 4.09. The molecule has 0 aliphatic carbocycles. The molecule has 26 heavy (non-hydrogen) atoms. The van der Waals surface area contributed by atoms with Gasteiger partial charge in [-0.1, -0.05) is 18.2 Å². The molecule has 8 heteroatoms. The molecule has 2 N–H and O–H groups in total. The van der Waals surface area contributed by atoms with E-state index < -0.39 is 21.9 Å². The molecule has 0 aliphatic rings. The highest BCUT2D eigenvalue weighted by Gasteiger charge is 2.23. The lowest BCUT2D eigenvalue weighted by atomic mass is 10.1. The van der Waals surface area contributed by atoms with Crippen molar-refractivity contribution in [3.63, 3.8) is 0 Å². The topological polar surface area (TPSA) is 80.6 Å². The molecule has 0 saturated carbocycles. The first-order chi connectivity index (χ1) is 12.3. The zero-order chi connectivity index (χ0) is 18.9. The van der Waals surface area contributed by atoms with E-state index in [9.17, 15) is 17.9 Å². The van der Waals surface area contributed by atoms with E-state index in [1.54, 1.807) is 6.20 Å². The van der Waals surface area contributed by atoms with Gasteiger partial charge in [0.05, 0.1) is 13.2 Å². The summed E-state index contributed by atoms with van der Waals surface area (Å²) in [4.78, 5) is -0.315. The Hall–Kier alpha value is -2.42. The fourth-order valence-electron chi connectivity index (χ4n) is 2.88. The Balaban J connectivity index is 1.85. The number of nitrogens with one attached hydrogen (secondary N) is 1. The molecular formula is C18H19FN2O4S. The van der Waals surface area contributed by atoms with Crippen molar-refractivity contribution < 1.29 is 22.7 Å². The van der Waals surface area contributed by atoms with Gasteiger partial charge in [0.15, 0.2) is 0 Å². The second kappa shape index (κ2) is 7.06. The quantitative estimate of drug-likeness (QED) is 0.690. The van der Waals surface area contributed by atoms with Crippen molar-refractivity contribution in [2.45, 2.75) is 11.0 Å². The van der Waals surface area contributed by atoms with Crippen LogP contribution in [0, 0.1) is 5.82 Å². The van der Waals surface area contributed by atoms with E-state index >= 15 is 0 Å². The van der Waals surface area contributed by atoms with Crippen LogP contribution in [0.2, 0.25) is 0 Å². The molecule has 1 heterocycles. The van der Waals surface area contributed by atoms with E-state index in [0.29, 0.717) is 5.56 Å². The Labute approximate surface area is 150 Å². The number of halogens is 1. The Morgan fingerprint density at radius 1 is 1.27 bits per heavy atom. The second-order valence-electron chi connectivity index (χ2n) is 5.88. The lowest BCUT2D eigenvalue weighted by Gasteiger charge is -2.14. The van der Waals surface area contributed by atoms with Crippen LogP contribution in [0.25, 0.3) is 10.9 Å². The number of para-hydroxylation sites is 1. The van der Waals surface area contributed by atoms with Crippen molar-refractivity contribution in [2.24, 2.45) is 7.05 Å². The van der Waals surface area contributed by atoms with Gasteiger partial charge in [0.25, 0.3) is 0 Å². The van der Waals surface area contributed by atoms with Crippen LogP contribution in [0.3, 0.4) is 0 Å². The minimum absolute atomic E-state index is 0.0264. The first-order valence-electron chi connectivity index (χ1n) is 7.88. The molecule has 1 aromatic heterocycles. The lowest BCUT2D eigenvalue weighted by molar-refractivity contribution is 0.183. The third-order valence-corrected chi connectivity index (χ3v) is 5.61. The predicted molar refractivity (Wildman–Crippen MR) is 96.0 cm³/mol. The van der Waals surface area contributed by atoms with Gasteiger partial charge in [0.2, 0.25) is 10.0 Å². The van der Waals surface area contributed by atoms with Gasteiger partial charge >= 0.3 is 0 Å². The zero-order valence-corrected chi connectivity index (χ0v) is 15.1. The summed E-state index contributed by atoms with van der Waals surface area (Å²) in [5.41, 5.74) is 1.54. The molecule has 1 atom stereocenters. The minimum Gasteiger partial charge on any atom is -0.495 e. The number of aliphatic hydroxyl groups excluding tert-OH is 1. The molecule has 0 aliphatic heterocycles. The maximum atomic E-state index is 13.5. The molecule has 0 bridgehead atoms. The van der Waals surface area contributed by atoms with Gasteiger partial charge in [-0.3, -0.25) is 0 Å². The molecule has 0 saturated heterocycles. The number of methoxy groups -OCH3 is 1. The molecule has 138 valence electrons. The van der Waals surface area contributed by atoms with Gasteiger partial charge in [0.1, 0.15) is 16.5 Å². The Morgan fingerprint density at radius 3 is 2.73 bits per heavy atom. The van der Waals surface area contributed by atoms with E-state index in [0.717, 1.165) is 23.0 Å². The lowest BCUT2D eigenvalue weighted by Crippen LogP contribution is -2.29. The first-order valence-corrected chi connectivity index (χ1v) is 9.37. The van der Waals surface area contributed by atoms with Gasteiger partial charge in [0, 0.05) is 36.3 Å². The molecule has 3 aromatic rings. The van der Waals surface area contributed by atoms with Crippen LogP contribution >= 0.6 is 0 Å². The summed E-state index contributed by atoms with van der Waals surface area (Å²) in [6.07, 6.45) is 0.697. The average Bonchev–Trinajstić information content (AvgIpc) is 2.97. The molecule has 6 nitrogen and oxygen atoms in total. The monoisotopic (exact) mass is 378 g/mol. The zero-order valence-electron chi connectivity index (χ0n) is 14.3. The second-order valence-corrected chi connectivity index (χ2v) is 7.61. The van der Waals surface area contributed by atoms with E-state index in [1.165, 1.54) is 13.2 Å². The summed E-state index contributed by atoms with van der Waals surface area (Å²) >= 11 is 0. The van der Waals surface area contributed by atoms with Gasteiger partial charge in [-0.2, -0.15) is 0 Å². The van der Waals surface area contributed by atoms with Crippen molar-refractivity contribution in [1.29, 1.82) is 0 Å². The van der Waals surface area contributed by atoms with Crippen LogP contribution in [0.15, 0.2) is 53.6 Å². The Morgan fingerprint density at radius 2 is 2.00 bits per heavy atom. The minimum atomic E-state index is -4.06. The molecule has 0 amide bonds. The van der Waals surface area contributed by atoms with E-state index in [1.807, 2.05) is 35.9 Å². The van der Waals surface area contributed by atoms with Crippen LogP contribution in [-0.2, 0) is 17.1 Å². The number of hydrogen-bond acceptors (Lipinski definition) is 4. The van der Waals surface area contributed by atoms with Crippen LogP contribution < -0.4 is 9.46 Å². The molecule has 1 unspecified atom stereocenters. The summed E-state index contributed by atoms with van der Waals surface area (Å²) in [5.74, 6) is -0.667. The number of benzene rings is 2. The number of nitrogens with zero attached hydrogens (tertiary/aromatic N) is 1. The van der Waals surface area contributed by atoms with Crippen LogP contribution in [0.5, 0.6) is 5.75 Å². The number of sulfonamides is 1. The highest BCUT2D eigenvalue weighted by Crippen LogP contribution is 2.27. The highest BCUT2D eigenvalue weighted by atomic mass is 32.2. The van der Waals surface area contributed by atoms with Crippen molar-refractivity contribution in [3.05, 3.63) is 60.0 Å². The number of aryl methyl sites for hydroxylation is 1. The normalized spacial score (nSPS) is 13.1. The molecule has 3 rings (SSSR count). The largest absolute Gasteiger partial charge is 0.495 e. The van der Waals surface area contributed by atoms with Crippen molar-refractivity contribution in [2.75, 3.05) is 13.7 Å².